The normalized spacial score (nSPS) is 17.4. The molecule has 7 nitrogen and oxygen atoms in total. The second-order valence-corrected chi connectivity index (χ2v) is 8.93. The molecular formula is C25H30F3N5O2. The Kier molecular flexibility index (Phi) is 7.92. The largest absolute Gasteiger partial charge is 0.418 e. The molecule has 0 aliphatic carbocycles. The van der Waals surface area contributed by atoms with Crippen LogP contribution in [-0.4, -0.2) is 74.0 Å². The van der Waals surface area contributed by atoms with Gasteiger partial charge in [0.25, 0.3) is 0 Å². The lowest BCUT2D eigenvalue weighted by atomic mass is 10.1. The summed E-state index contributed by atoms with van der Waals surface area (Å²) < 4.78 is 39.4. The summed E-state index contributed by atoms with van der Waals surface area (Å²) in [5, 5.41) is 5.30. The first-order valence-electron chi connectivity index (χ1n) is 11.8. The molecule has 0 aromatic heterocycles. The number of hydrogen-bond donors (Lipinski definition) is 2. The lowest BCUT2D eigenvalue weighted by Gasteiger charge is -2.33. The zero-order valence-electron chi connectivity index (χ0n) is 19.5. The minimum atomic E-state index is -4.54. The Balaban J connectivity index is 1.19. The van der Waals surface area contributed by atoms with Crippen molar-refractivity contribution < 1.29 is 22.8 Å². The first-order valence-corrected chi connectivity index (χ1v) is 11.8. The van der Waals surface area contributed by atoms with Crippen molar-refractivity contribution in [3.05, 3.63) is 54.1 Å². The average Bonchev–Trinajstić information content (AvgIpc) is 3.35. The van der Waals surface area contributed by atoms with Gasteiger partial charge in [0.15, 0.2) is 0 Å². The molecule has 2 N–H and O–H groups in total. The fourth-order valence-corrected chi connectivity index (χ4v) is 4.47. The average molecular weight is 490 g/mol. The van der Waals surface area contributed by atoms with Gasteiger partial charge in [-0.15, -0.1) is 0 Å². The zero-order chi connectivity index (χ0) is 24.8. The van der Waals surface area contributed by atoms with Gasteiger partial charge < -0.3 is 15.5 Å². The van der Waals surface area contributed by atoms with Gasteiger partial charge in [-0.1, -0.05) is 12.1 Å². The molecule has 0 unspecified atom stereocenters. The summed E-state index contributed by atoms with van der Waals surface area (Å²) in [5.41, 5.74) is 0.818. The van der Waals surface area contributed by atoms with Gasteiger partial charge in [-0.05, 0) is 49.2 Å². The molecule has 10 heteroatoms. The van der Waals surface area contributed by atoms with Crippen LogP contribution in [-0.2, 0) is 15.8 Å². The Morgan fingerprint density at radius 3 is 1.86 bits per heavy atom. The van der Waals surface area contributed by atoms with Crippen LogP contribution in [0.5, 0.6) is 0 Å². The van der Waals surface area contributed by atoms with Crippen molar-refractivity contribution in [3.8, 4) is 0 Å². The third-order valence-corrected chi connectivity index (χ3v) is 6.33. The number of carbonyl (C=O) groups excluding carboxylic acids is 2. The minimum Gasteiger partial charge on any atom is -0.372 e. The van der Waals surface area contributed by atoms with Gasteiger partial charge in [0.05, 0.1) is 24.3 Å². The van der Waals surface area contributed by atoms with E-state index in [4.69, 9.17) is 0 Å². The molecule has 2 aromatic carbocycles. The van der Waals surface area contributed by atoms with Crippen LogP contribution < -0.4 is 15.5 Å². The maximum atomic E-state index is 13.1. The number of nitrogens with one attached hydrogen (secondary N) is 2. The monoisotopic (exact) mass is 489 g/mol. The van der Waals surface area contributed by atoms with E-state index in [0.717, 1.165) is 24.8 Å². The molecule has 4 rings (SSSR count). The molecule has 35 heavy (non-hydrogen) atoms. The maximum absolute atomic E-state index is 13.1. The van der Waals surface area contributed by atoms with Crippen molar-refractivity contribution in [2.75, 3.05) is 67.9 Å². The molecule has 0 spiro atoms. The first kappa shape index (κ1) is 25.0. The molecular weight excluding hydrogens is 459 g/mol. The van der Waals surface area contributed by atoms with Crippen molar-refractivity contribution in [1.29, 1.82) is 0 Å². The number of rotatable bonds is 7. The van der Waals surface area contributed by atoms with Gasteiger partial charge in [0.1, 0.15) is 0 Å². The van der Waals surface area contributed by atoms with Crippen LogP contribution >= 0.6 is 0 Å². The Hall–Kier alpha value is -3.11. The summed E-state index contributed by atoms with van der Waals surface area (Å²) in [7, 11) is 0. The number of halogens is 3. The first-order chi connectivity index (χ1) is 16.8. The molecule has 0 saturated carbocycles. The fraction of sp³-hybridized carbons (Fsp3) is 0.440. The third-order valence-electron chi connectivity index (χ3n) is 6.33. The summed E-state index contributed by atoms with van der Waals surface area (Å²) in [5.74, 6) is -0.598. The van der Waals surface area contributed by atoms with Crippen LogP contribution in [0.2, 0.25) is 0 Å². The smallest absolute Gasteiger partial charge is 0.372 e. The number of carbonyl (C=O) groups is 2. The lowest BCUT2D eigenvalue weighted by molar-refractivity contribution is -0.137. The van der Waals surface area contributed by atoms with E-state index in [1.807, 2.05) is 34.1 Å². The van der Waals surface area contributed by atoms with Gasteiger partial charge in [-0.2, -0.15) is 13.2 Å². The number of amides is 2. The molecule has 0 radical (unpaired) electrons. The predicted molar refractivity (Wildman–Crippen MR) is 129 cm³/mol. The van der Waals surface area contributed by atoms with Crippen LogP contribution in [0.25, 0.3) is 0 Å². The number of nitrogens with zero attached hydrogens (tertiary/aromatic N) is 3. The van der Waals surface area contributed by atoms with Gasteiger partial charge in [0.2, 0.25) is 11.8 Å². The van der Waals surface area contributed by atoms with Crippen molar-refractivity contribution in [3.63, 3.8) is 0 Å². The molecule has 2 aliphatic heterocycles. The molecule has 2 aliphatic rings. The molecule has 2 amide bonds. The predicted octanol–water partition coefficient (Wildman–Crippen LogP) is 3.50. The Bertz CT molecular complexity index is 1010. The summed E-state index contributed by atoms with van der Waals surface area (Å²) in [4.78, 5) is 31.0. The Labute approximate surface area is 202 Å². The quantitative estimate of drug-likeness (QED) is 0.623. The van der Waals surface area contributed by atoms with E-state index in [9.17, 15) is 22.8 Å². The van der Waals surface area contributed by atoms with Crippen molar-refractivity contribution in [2.45, 2.75) is 19.0 Å². The lowest BCUT2D eigenvalue weighted by Crippen LogP contribution is -2.50. The van der Waals surface area contributed by atoms with Gasteiger partial charge >= 0.3 is 6.18 Å². The highest BCUT2D eigenvalue weighted by Crippen LogP contribution is 2.34. The SMILES string of the molecule is O=C(CN1CCN(CC(=O)Nc2ccccc2C(F)(F)F)CC1)Nc1ccc(N2CCCC2)cc1. The van der Waals surface area contributed by atoms with E-state index in [0.29, 0.717) is 26.2 Å². The van der Waals surface area contributed by atoms with Crippen LogP contribution in [0.4, 0.5) is 30.2 Å². The van der Waals surface area contributed by atoms with Crippen molar-refractivity contribution >= 4 is 28.9 Å². The van der Waals surface area contributed by atoms with E-state index in [-0.39, 0.29) is 24.7 Å². The number of para-hydroxylation sites is 1. The minimum absolute atomic E-state index is 0.00437. The van der Waals surface area contributed by atoms with Crippen molar-refractivity contribution in [2.24, 2.45) is 0 Å². The molecule has 2 heterocycles. The molecule has 188 valence electrons. The highest BCUT2D eigenvalue weighted by molar-refractivity contribution is 5.93. The van der Waals surface area contributed by atoms with E-state index in [2.05, 4.69) is 15.5 Å². The van der Waals surface area contributed by atoms with E-state index >= 15 is 0 Å². The Morgan fingerprint density at radius 2 is 1.29 bits per heavy atom. The summed E-state index contributed by atoms with van der Waals surface area (Å²) in [6, 6.07) is 12.8. The Morgan fingerprint density at radius 1 is 0.743 bits per heavy atom. The zero-order valence-corrected chi connectivity index (χ0v) is 19.5. The maximum Gasteiger partial charge on any atom is 0.418 e. The van der Waals surface area contributed by atoms with Gasteiger partial charge in [-0.3, -0.25) is 19.4 Å². The molecule has 2 saturated heterocycles. The number of hydrogen-bond acceptors (Lipinski definition) is 5. The topological polar surface area (TPSA) is 67.9 Å². The molecule has 2 fully saturated rings. The molecule has 0 atom stereocenters. The fourth-order valence-electron chi connectivity index (χ4n) is 4.47. The van der Waals surface area contributed by atoms with Gasteiger partial charge in [-0.25, -0.2) is 0 Å². The van der Waals surface area contributed by atoms with Crippen LogP contribution in [0.15, 0.2) is 48.5 Å². The second-order valence-electron chi connectivity index (χ2n) is 8.93. The number of benzene rings is 2. The number of piperazine rings is 1. The highest BCUT2D eigenvalue weighted by atomic mass is 19.4. The van der Waals surface area contributed by atoms with Gasteiger partial charge in [0, 0.05) is 50.6 Å². The molecule has 0 bridgehead atoms. The summed E-state index contributed by atoms with van der Waals surface area (Å²) >= 11 is 0. The summed E-state index contributed by atoms with van der Waals surface area (Å²) in [6.45, 7) is 4.66. The van der Waals surface area contributed by atoms with E-state index < -0.39 is 17.6 Å². The van der Waals surface area contributed by atoms with Crippen LogP contribution in [0, 0.1) is 0 Å². The third kappa shape index (κ3) is 6.95. The van der Waals surface area contributed by atoms with E-state index in [1.54, 1.807) is 0 Å². The van der Waals surface area contributed by atoms with Crippen molar-refractivity contribution in [1.82, 2.24) is 9.80 Å². The number of anilines is 3. The number of alkyl halides is 3. The standard InChI is InChI=1S/C25H30F3N5O2/c26-25(27,28)21-5-1-2-6-22(21)30-24(35)18-32-15-13-31(14-16-32)17-23(34)29-19-7-9-20(10-8-19)33-11-3-4-12-33/h1-2,5-10H,3-4,11-18H2,(H,29,34)(H,30,35). The van der Waals surface area contributed by atoms with Crippen LogP contribution in [0.1, 0.15) is 18.4 Å². The molecule has 2 aromatic rings. The van der Waals surface area contributed by atoms with E-state index in [1.165, 1.54) is 36.7 Å². The summed E-state index contributed by atoms with van der Waals surface area (Å²) in [6.07, 6.45) is -2.11. The van der Waals surface area contributed by atoms with Crippen LogP contribution in [0.3, 0.4) is 0 Å². The second kappa shape index (κ2) is 11.1. The highest BCUT2D eigenvalue weighted by Gasteiger charge is 2.33.